The number of amides is 1. The number of ether oxygens (including phenoxy) is 3. The van der Waals surface area contributed by atoms with E-state index in [1.807, 2.05) is 24.3 Å². The molecule has 6 nitrogen and oxygen atoms in total. The summed E-state index contributed by atoms with van der Waals surface area (Å²) in [6, 6.07) is 14.1. The number of carbonyl (C=O) groups excluding carboxylic acids is 1. The van der Waals surface area contributed by atoms with Gasteiger partial charge in [0, 0.05) is 43.1 Å². The monoisotopic (exact) mass is 406 g/mol. The van der Waals surface area contributed by atoms with Crippen LogP contribution in [0.15, 0.2) is 42.5 Å². The molecule has 3 aliphatic rings. The van der Waals surface area contributed by atoms with Gasteiger partial charge in [-0.2, -0.15) is 0 Å². The minimum Gasteiger partial charge on any atom is -0.487 e. The number of anilines is 1. The zero-order valence-corrected chi connectivity index (χ0v) is 17.5. The second kappa shape index (κ2) is 7.23. The fourth-order valence-corrected chi connectivity index (χ4v) is 4.79. The molecule has 2 aromatic carbocycles. The van der Waals surface area contributed by atoms with Crippen LogP contribution in [0.3, 0.4) is 0 Å². The van der Waals surface area contributed by atoms with Crippen LogP contribution in [0, 0.1) is 0 Å². The van der Waals surface area contributed by atoms with Gasteiger partial charge in [0.1, 0.15) is 24.3 Å². The highest BCUT2D eigenvalue weighted by Gasteiger charge is 2.43. The second-order valence-corrected chi connectivity index (χ2v) is 8.22. The lowest BCUT2D eigenvalue weighted by Crippen LogP contribution is -2.46. The normalized spacial score (nSPS) is 27.7. The van der Waals surface area contributed by atoms with Gasteiger partial charge in [0.05, 0.1) is 5.57 Å². The molecule has 0 unspecified atom stereocenters. The molecule has 3 aliphatic heterocycles. The summed E-state index contributed by atoms with van der Waals surface area (Å²) in [4.78, 5) is 14.9. The molecule has 0 aromatic heterocycles. The molecule has 1 saturated heterocycles. The predicted molar refractivity (Wildman–Crippen MR) is 114 cm³/mol. The molecule has 156 valence electrons. The largest absolute Gasteiger partial charge is 0.487 e. The van der Waals surface area contributed by atoms with Crippen LogP contribution >= 0.6 is 0 Å². The lowest BCUT2D eigenvalue weighted by molar-refractivity contribution is -0.155. The number of methoxy groups -OCH3 is 2. The van der Waals surface area contributed by atoms with E-state index in [1.54, 1.807) is 14.2 Å². The van der Waals surface area contributed by atoms with Crippen LogP contribution in [0.4, 0.5) is 5.69 Å². The van der Waals surface area contributed by atoms with Gasteiger partial charge in [-0.3, -0.25) is 4.79 Å². The first-order chi connectivity index (χ1) is 14.5. The third-order valence-corrected chi connectivity index (χ3v) is 6.56. The maximum atomic E-state index is 12.6. The van der Waals surface area contributed by atoms with Crippen LogP contribution < -0.4 is 5.32 Å². The zero-order chi connectivity index (χ0) is 20.9. The minimum absolute atomic E-state index is 0.0378. The molecule has 0 saturated carbocycles. The predicted octanol–water partition coefficient (Wildman–Crippen LogP) is 3.97. The number of hydrogen-bond acceptors (Lipinski definition) is 5. The number of nitrogens with one attached hydrogen (secondary N) is 1. The third-order valence-electron chi connectivity index (χ3n) is 6.56. The summed E-state index contributed by atoms with van der Waals surface area (Å²) in [5.41, 5.74) is 5.26. The molecule has 1 fully saturated rings. The van der Waals surface area contributed by atoms with E-state index in [2.05, 4.69) is 35.3 Å². The van der Waals surface area contributed by atoms with E-state index in [0.29, 0.717) is 17.9 Å². The highest BCUT2D eigenvalue weighted by molar-refractivity contribution is 6.36. The second-order valence-electron chi connectivity index (χ2n) is 8.22. The Labute approximate surface area is 176 Å². The Morgan fingerprint density at radius 1 is 1.20 bits per heavy atom. The zero-order valence-electron chi connectivity index (χ0n) is 17.5. The first-order valence-electron chi connectivity index (χ1n) is 10.3. The average Bonchev–Trinajstić information content (AvgIpc) is 3.41. The molecule has 0 radical (unpaired) electrons. The van der Waals surface area contributed by atoms with Gasteiger partial charge in [-0.15, -0.1) is 0 Å². The summed E-state index contributed by atoms with van der Waals surface area (Å²) in [7, 11) is 3.50. The number of nitrogens with zero attached hydrogens (tertiary/aromatic N) is 1. The Kier molecular flexibility index (Phi) is 4.65. The molecule has 2 aromatic rings. The molecule has 1 N–H and O–H groups in total. The summed E-state index contributed by atoms with van der Waals surface area (Å²) in [6.07, 6.45) is 1.91. The smallest absolute Gasteiger partial charge is 0.260 e. The summed E-state index contributed by atoms with van der Waals surface area (Å²) < 4.78 is 17.5. The summed E-state index contributed by atoms with van der Waals surface area (Å²) >= 11 is 0. The van der Waals surface area contributed by atoms with E-state index in [1.165, 1.54) is 5.56 Å². The van der Waals surface area contributed by atoms with Gasteiger partial charge in [-0.1, -0.05) is 36.4 Å². The Bertz CT molecular complexity index is 1050. The fourth-order valence-electron chi connectivity index (χ4n) is 4.79. The Morgan fingerprint density at radius 3 is 2.83 bits per heavy atom. The van der Waals surface area contributed by atoms with E-state index >= 15 is 0 Å². The van der Waals surface area contributed by atoms with Crippen LogP contribution in [-0.2, 0) is 32.2 Å². The molecule has 1 amide bonds. The van der Waals surface area contributed by atoms with Gasteiger partial charge >= 0.3 is 0 Å². The average molecular weight is 406 g/mol. The van der Waals surface area contributed by atoms with Gasteiger partial charge in [0.25, 0.3) is 5.91 Å². The number of fused-ring (bicyclic) bond motifs is 2. The maximum Gasteiger partial charge on any atom is 0.260 e. The van der Waals surface area contributed by atoms with Crippen molar-refractivity contribution in [2.75, 3.05) is 19.5 Å². The molecule has 30 heavy (non-hydrogen) atoms. The molecule has 6 heteroatoms. The molecular formula is C24H26N2O4. The molecule has 2 atom stereocenters. The van der Waals surface area contributed by atoms with Crippen molar-refractivity contribution in [1.82, 2.24) is 4.90 Å². The van der Waals surface area contributed by atoms with Crippen molar-refractivity contribution in [2.24, 2.45) is 0 Å². The quantitative estimate of drug-likeness (QED) is 0.779. The standard InChI is InChI=1S/C24H26N2O4/c1-24(29-3)11-10-20(28-2)26(24)13-15-8-9-17-16(12-15)14-30-22(17)21-18-6-4-5-7-19(18)25-23(21)27/h4-9,12,20H,10-11,13-14H2,1-3H3,(H,25,27)/t20-,24-/m0/s1. The highest BCUT2D eigenvalue weighted by atomic mass is 16.5. The molecule has 0 bridgehead atoms. The van der Waals surface area contributed by atoms with Gasteiger partial charge in [0.2, 0.25) is 0 Å². The Morgan fingerprint density at radius 2 is 2.03 bits per heavy atom. The molecule has 0 aliphatic carbocycles. The van der Waals surface area contributed by atoms with Crippen molar-refractivity contribution in [1.29, 1.82) is 0 Å². The maximum absolute atomic E-state index is 12.6. The van der Waals surface area contributed by atoms with Gasteiger partial charge < -0.3 is 19.5 Å². The van der Waals surface area contributed by atoms with E-state index in [0.717, 1.165) is 41.8 Å². The van der Waals surface area contributed by atoms with Gasteiger partial charge in [-0.05, 0) is 31.4 Å². The fraction of sp³-hybridized carbons (Fsp3) is 0.375. The number of rotatable bonds is 4. The number of benzene rings is 2. The number of para-hydroxylation sites is 1. The van der Waals surface area contributed by atoms with Crippen LogP contribution in [0.25, 0.3) is 11.3 Å². The minimum atomic E-state index is -0.338. The van der Waals surface area contributed by atoms with Crippen LogP contribution in [0.1, 0.15) is 42.0 Å². The van der Waals surface area contributed by atoms with Crippen LogP contribution in [-0.4, -0.2) is 37.0 Å². The number of hydrogen-bond donors (Lipinski definition) is 1. The molecule has 5 rings (SSSR count). The third kappa shape index (κ3) is 2.95. The Hall–Kier alpha value is -2.67. The first-order valence-corrected chi connectivity index (χ1v) is 10.3. The van der Waals surface area contributed by atoms with E-state index in [9.17, 15) is 4.79 Å². The summed E-state index contributed by atoms with van der Waals surface area (Å²) in [5, 5.41) is 2.93. The lowest BCUT2D eigenvalue weighted by Gasteiger charge is -2.36. The lowest BCUT2D eigenvalue weighted by atomic mass is 9.99. The van der Waals surface area contributed by atoms with Gasteiger partial charge in [-0.25, -0.2) is 4.90 Å². The molecule has 0 spiro atoms. The van der Waals surface area contributed by atoms with Crippen molar-refractivity contribution in [2.45, 2.75) is 44.9 Å². The van der Waals surface area contributed by atoms with Crippen molar-refractivity contribution >= 4 is 22.9 Å². The van der Waals surface area contributed by atoms with E-state index < -0.39 is 0 Å². The topological polar surface area (TPSA) is 60.0 Å². The van der Waals surface area contributed by atoms with E-state index in [-0.39, 0.29) is 17.9 Å². The number of likely N-dealkylation sites (tertiary alicyclic amines) is 1. The van der Waals surface area contributed by atoms with Crippen molar-refractivity contribution < 1.29 is 19.0 Å². The highest BCUT2D eigenvalue weighted by Crippen LogP contribution is 2.42. The van der Waals surface area contributed by atoms with Crippen molar-refractivity contribution in [3.63, 3.8) is 0 Å². The van der Waals surface area contributed by atoms with Crippen molar-refractivity contribution in [3.8, 4) is 0 Å². The molecular weight excluding hydrogens is 380 g/mol. The molecule has 3 heterocycles. The van der Waals surface area contributed by atoms with Crippen LogP contribution in [0.2, 0.25) is 0 Å². The van der Waals surface area contributed by atoms with Crippen molar-refractivity contribution in [3.05, 3.63) is 64.7 Å². The van der Waals surface area contributed by atoms with E-state index in [4.69, 9.17) is 14.2 Å². The summed E-state index contributed by atoms with van der Waals surface area (Å²) in [6.45, 7) is 3.30. The number of carbonyl (C=O) groups is 1. The first kappa shape index (κ1) is 19.3. The van der Waals surface area contributed by atoms with Gasteiger partial charge in [0.15, 0.2) is 0 Å². The Balaban J connectivity index is 1.47. The van der Waals surface area contributed by atoms with Crippen LogP contribution in [0.5, 0.6) is 0 Å². The summed E-state index contributed by atoms with van der Waals surface area (Å²) in [5.74, 6) is 0.552. The SMILES string of the molecule is CO[C@H]1CC[C@](C)(OC)N1Cc1ccc2c(c1)COC2=C1C(=O)Nc2ccccc21.